The molecule has 3 atom stereocenters. The Morgan fingerprint density at radius 3 is 2.38 bits per heavy atom. The minimum absolute atomic E-state index is 0.172. The Bertz CT molecular complexity index is 305. The minimum Gasteiger partial charge on any atom is -0.353 e. The lowest BCUT2D eigenvalue weighted by Crippen LogP contribution is -2.44. The first-order valence-corrected chi connectivity index (χ1v) is 7.64. The number of rotatable bonds is 2. The molecule has 1 amide bonds. The first kappa shape index (κ1) is 12.9. The summed E-state index contributed by atoms with van der Waals surface area (Å²) in [6.07, 6.45) is 5.81. The number of carbonyl (C=O) groups excluding carboxylic acids is 1. The molecule has 0 aliphatic heterocycles. The summed E-state index contributed by atoms with van der Waals surface area (Å²) >= 11 is 7.09. The van der Waals surface area contributed by atoms with Crippen LogP contribution in [0.1, 0.15) is 46.0 Å². The van der Waals surface area contributed by atoms with E-state index in [2.05, 4.69) is 44.1 Å². The van der Waals surface area contributed by atoms with E-state index in [1.165, 1.54) is 19.3 Å². The van der Waals surface area contributed by atoms with Gasteiger partial charge in [-0.1, -0.05) is 51.6 Å². The predicted octanol–water partition coefficient (Wildman–Crippen LogP) is 3.58. The quantitative estimate of drug-likeness (QED) is 0.756. The molecule has 2 aliphatic rings. The topological polar surface area (TPSA) is 29.1 Å². The van der Waals surface area contributed by atoms with E-state index in [9.17, 15) is 4.79 Å². The Morgan fingerprint density at radius 1 is 1.31 bits per heavy atom. The van der Waals surface area contributed by atoms with Crippen molar-refractivity contribution in [1.82, 2.24) is 5.32 Å². The molecule has 2 aliphatic carbocycles. The van der Waals surface area contributed by atoms with Gasteiger partial charge in [0.25, 0.3) is 0 Å². The second-order valence-electron chi connectivity index (χ2n) is 5.56. The summed E-state index contributed by atoms with van der Waals surface area (Å²) in [5.41, 5.74) is -0.274. The highest BCUT2D eigenvalue weighted by molar-refractivity contribution is 9.25. The molecule has 0 radical (unpaired) electrons. The Balaban J connectivity index is 1.93. The molecule has 0 aromatic heterocycles. The van der Waals surface area contributed by atoms with Crippen molar-refractivity contribution < 1.29 is 4.79 Å². The molecule has 0 aromatic carbocycles. The summed E-state index contributed by atoms with van der Waals surface area (Å²) in [7, 11) is 0. The number of nitrogens with one attached hydrogen (secondary N) is 1. The molecular formula is C12H19Br2NO. The Hall–Kier alpha value is 0.430. The predicted molar refractivity (Wildman–Crippen MR) is 72.9 cm³/mol. The second-order valence-corrected chi connectivity index (χ2v) is 9.33. The molecule has 0 unspecified atom stereocenters. The molecule has 16 heavy (non-hydrogen) atoms. The van der Waals surface area contributed by atoms with Crippen molar-refractivity contribution in [2.45, 2.75) is 55.2 Å². The molecule has 2 rings (SSSR count). The molecular weight excluding hydrogens is 334 g/mol. The number of alkyl halides is 2. The summed E-state index contributed by atoms with van der Waals surface area (Å²) in [5.74, 6) is 0.820. The van der Waals surface area contributed by atoms with Crippen molar-refractivity contribution in [1.29, 1.82) is 0 Å². The van der Waals surface area contributed by atoms with Crippen LogP contribution in [0, 0.1) is 11.3 Å². The average molecular weight is 353 g/mol. The van der Waals surface area contributed by atoms with Gasteiger partial charge in [0.15, 0.2) is 0 Å². The summed E-state index contributed by atoms with van der Waals surface area (Å²) in [6, 6.07) is 0.384. The van der Waals surface area contributed by atoms with Crippen LogP contribution in [0.5, 0.6) is 0 Å². The summed E-state index contributed by atoms with van der Waals surface area (Å²) in [6.45, 7) is 4.26. The van der Waals surface area contributed by atoms with E-state index in [4.69, 9.17) is 0 Å². The first-order chi connectivity index (χ1) is 7.37. The number of hydrogen-bond donors (Lipinski definition) is 1. The lowest BCUT2D eigenvalue weighted by molar-refractivity contribution is -0.127. The standard InChI is InChI=1S/C12H19Br2NO/c1-8-5-3-4-6-9(8)15-10(16)11(2)7-12(11,13)14/h8-9H,3-7H2,1-2H3,(H,15,16)/t8-,9-,11-/m1/s1. The van der Waals surface area contributed by atoms with Crippen LogP contribution in [0.2, 0.25) is 0 Å². The fourth-order valence-corrected chi connectivity index (χ4v) is 3.99. The molecule has 0 bridgehead atoms. The summed E-state index contributed by atoms with van der Waals surface area (Å²) < 4.78 is -0.172. The number of hydrogen-bond acceptors (Lipinski definition) is 1. The van der Waals surface area contributed by atoms with E-state index in [0.29, 0.717) is 12.0 Å². The molecule has 2 nitrogen and oxygen atoms in total. The van der Waals surface area contributed by atoms with Crippen LogP contribution in [0.3, 0.4) is 0 Å². The van der Waals surface area contributed by atoms with Crippen LogP contribution in [0.15, 0.2) is 0 Å². The van der Waals surface area contributed by atoms with Crippen molar-refractivity contribution in [2.24, 2.45) is 11.3 Å². The molecule has 0 saturated heterocycles. The van der Waals surface area contributed by atoms with Gasteiger partial charge in [-0.25, -0.2) is 0 Å². The lowest BCUT2D eigenvalue weighted by atomic mass is 9.85. The zero-order valence-electron chi connectivity index (χ0n) is 9.85. The molecule has 1 N–H and O–H groups in total. The van der Waals surface area contributed by atoms with Gasteiger partial charge in [0, 0.05) is 6.04 Å². The van der Waals surface area contributed by atoms with Gasteiger partial charge < -0.3 is 5.32 Å². The van der Waals surface area contributed by atoms with Crippen molar-refractivity contribution in [3.05, 3.63) is 0 Å². The largest absolute Gasteiger partial charge is 0.353 e. The fourth-order valence-electron chi connectivity index (χ4n) is 2.50. The number of halogens is 2. The fraction of sp³-hybridized carbons (Fsp3) is 0.917. The van der Waals surface area contributed by atoms with E-state index in [-0.39, 0.29) is 14.6 Å². The molecule has 2 saturated carbocycles. The average Bonchev–Trinajstić information content (AvgIpc) is 2.71. The molecule has 4 heteroatoms. The maximum absolute atomic E-state index is 12.2. The first-order valence-electron chi connectivity index (χ1n) is 6.06. The smallest absolute Gasteiger partial charge is 0.228 e. The van der Waals surface area contributed by atoms with Crippen LogP contribution in [-0.4, -0.2) is 15.2 Å². The van der Waals surface area contributed by atoms with E-state index in [0.717, 1.165) is 12.8 Å². The summed E-state index contributed by atoms with van der Waals surface area (Å²) in [5, 5.41) is 3.23. The normalized spacial score (nSPS) is 41.5. The van der Waals surface area contributed by atoms with E-state index in [1.807, 2.05) is 6.92 Å². The van der Waals surface area contributed by atoms with Gasteiger partial charge in [-0.05, 0) is 32.1 Å². The molecule has 0 aromatic rings. The molecule has 0 heterocycles. The van der Waals surface area contributed by atoms with Gasteiger partial charge in [0.1, 0.15) is 0 Å². The Morgan fingerprint density at radius 2 is 1.88 bits per heavy atom. The number of amides is 1. The maximum Gasteiger partial charge on any atom is 0.228 e. The van der Waals surface area contributed by atoms with Crippen molar-refractivity contribution in [3.8, 4) is 0 Å². The van der Waals surface area contributed by atoms with Crippen molar-refractivity contribution in [2.75, 3.05) is 0 Å². The highest BCUT2D eigenvalue weighted by atomic mass is 79.9. The second kappa shape index (κ2) is 4.27. The van der Waals surface area contributed by atoms with Gasteiger partial charge in [-0.2, -0.15) is 0 Å². The summed E-state index contributed by atoms with van der Waals surface area (Å²) in [4.78, 5) is 12.2. The molecule has 0 spiro atoms. The van der Waals surface area contributed by atoms with Crippen LogP contribution in [-0.2, 0) is 4.79 Å². The Kier molecular flexibility index (Phi) is 3.44. The van der Waals surface area contributed by atoms with Crippen molar-refractivity contribution in [3.63, 3.8) is 0 Å². The highest BCUT2D eigenvalue weighted by Crippen LogP contribution is 2.66. The zero-order valence-corrected chi connectivity index (χ0v) is 13.0. The maximum atomic E-state index is 12.2. The van der Waals surface area contributed by atoms with Crippen LogP contribution < -0.4 is 5.32 Å². The minimum atomic E-state index is -0.274. The van der Waals surface area contributed by atoms with Crippen LogP contribution >= 0.6 is 31.9 Å². The van der Waals surface area contributed by atoms with E-state index in [1.54, 1.807) is 0 Å². The zero-order chi connectivity index (χ0) is 12.0. The van der Waals surface area contributed by atoms with Gasteiger partial charge in [-0.15, -0.1) is 0 Å². The number of carbonyl (C=O) groups is 1. The third kappa shape index (κ3) is 2.20. The van der Waals surface area contributed by atoms with Crippen molar-refractivity contribution >= 4 is 37.8 Å². The lowest BCUT2D eigenvalue weighted by Gasteiger charge is -2.30. The monoisotopic (exact) mass is 351 g/mol. The van der Waals surface area contributed by atoms with E-state index < -0.39 is 0 Å². The van der Waals surface area contributed by atoms with Gasteiger partial charge in [-0.3, -0.25) is 4.79 Å². The third-order valence-electron chi connectivity index (χ3n) is 4.19. The Labute approximate surface area is 114 Å². The van der Waals surface area contributed by atoms with Gasteiger partial charge in [0.05, 0.1) is 8.65 Å². The van der Waals surface area contributed by atoms with Crippen LogP contribution in [0.4, 0.5) is 0 Å². The van der Waals surface area contributed by atoms with Gasteiger partial charge >= 0.3 is 0 Å². The third-order valence-corrected chi connectivity index (χ3v) is 6.50. The van der Waals surface area contributed by atoms with E-state index >= 15 is 0 Å². The molecule has 2 fully saturated rings. The molecule has 92 valence electrons. The van der Waals surface area contributed by atoms with Gasteiger partial charge in [0.2, 0.25) is 5.91 Å². The van der Waals surface area contributed by atoms with Crippen LogP contribution in [0.25, 0.3) is 0 Å². The highest BCUT2D eigenvalue weighted by Gasteiger charge is 2.66. The SMILES string of the molecule is C[C@@H]1CCCC[C@H]1NC(=O)[C@@]1(C)CC1(Br)Br.